The van der Waals surface area contributed by atoms with Gasteiger partial charge in [0.25, 0.3) is 5.91 Å². The van der Waals surface area contributed by atoms with Crippen LogP contribution in [0.3, 0.4) is 0 Å². The van der Waals surface area contributed by atoms with Gasteiger partial charge in [-0.1, -0.05) is 48.8 Å². The van der Waals surface area contributed by atoms with E-state index in [9.17, 15) is 14.4 Å². The first-order chi connectivity index (χ1) is 10.1. The SMILES string of the molecule is CC(C)(C)C(=O)CN1C(=O)N[C@@](C)(c2cccc(Br)c2)C1=O. The van der Waals surface area contributed by atoms with Crippen molar-refractivity contribution < 1.29 is 14.4 Å². The number of imide groups is 1. The molecule has 2 rings (SSSR count). The van der Waals surface area contributed by atoms with Gasteiger partial charge in [0.2, 0.25) is 0 Å². The van der Waals surface area contributed by atoms with Gasteiger partial charge < -0.3 is 5.32 Å². The summed E-state index contributed by atoms with van der Waals surface area (Å²) in [6.45, 7) is 6.73. The molecule has 0 saturated carbocycles. The molecule has 0 unspecified atom stereocenters. The highest BCUT2D eigenvalue weighted by molar-refractivity contribution is 9.10. The van der Waals surface area contributed by atoms with Gasteiger partial charge in [-0.15, -0.1) is 0 Å². The van der Waals surface area contributed by atoms with Gasteiger partial charge in [0, 0.05) is 9.89 Å². The summed E-state index contributed by atoms with van der Waals surface area (Å²) >= 11 is 3.36. The molecule has 6 heteroatoms. The molecule has 3 amide bonds. The monoisotopic (exact) mass is 366 g/mol. The summed E-state index contributed by atoms with van der Waals surface area (Å²) in [4.78, 5) is 38.0. The molecule has 5 nitrogen and oxygen atoms in total. The average molecular weight is 367 g/mol. The molecule has 0 aliphatic carbocycles. The minimum absolute atomic E-state index is 0.158. The first kappa shape index (κ1) is 16.7. The molecule has 1 saturated heterocycles. The number of urea groups is 1. The molecular weight excluding hydrogens is 348 g/mol. The third-order valence-electron chi connectivity index (χ3n) is 3.82. The number of halogens is 1. The maximum atomic E-state index is 12.7. The van der Waals surface area contributed by atoms with Crippen LogP contribution in [0.4, 0.5) is 4.79 Å². The second-order valence-electron chi connectivity index (χ2n) is 6.63. The van der Waals surface area contributed by atoms with Crippen molar-refractivity contribution in [2.24, 2.45) is 5.41 Å². The van der Waals surface area contributed by atoms with E-state index in [0.29, 0.717) is 5.56 Å². The Labute approximate surface area is 138 Å². The standard InChI is InChI=1S/C16H19BrN2O3/c1-15(2,3)12(20)9-19-13(21)16(4,18-14(19)22)10-6-5-7-11(17)8-10/h5-8H,9H2,1-4H3,(H,18,22)/t16-/m0/s1. The third kappa shape index (κ3) is 2.92. The molecule has 22 heavy (non-hydrogen) atoms. The van der Waals surface area contributed by atoms with Crippen molar-refractivity contribution >= 4 is 33.7 Å². The fourth-order valence-electron chi connectivity index (χ4n) is 2.22. The number of Topliss-reactive ketones (excluding diaryl/α,β-unsaturated/α-hetero) is 1. The van der Waals surface area contributed by atoms with E-state index in [4.69, 9.17) is 0 Å². The summed E-state index contributed by atoms with van der Waals surface area (Å²) in [7, 11) is 0. The van der Waals surface area contributed by atoms with Gasteiger partial charge in [0.15, 0.2) is 5.78 Å². The summed E-state index contributed by atoms with van der Waals surface area (Å²) in [6, 6.07) is 6.66. The van der Waals surface area contributed by atoms with Crippen molar-refractivity contribution in [2.45, 2.75) is 33.2 Å². The fraction of sp³-hybridized carbons (Fsp3) is 0.438. The molecule has 0 radical (unpaired) electrons. The van der Waals surface area contributed by atoms with Crippen LogP contribution in [0, 0.1) is 5.41 Å². The van der Waals surface area contributed by atoms with Crippen molar-refractivity contribution in [3.63, 3.8) is 0 Å². The number of ketones is 1. The Bertz CT molecular complexity index is 651. The Morgan fingerprint density at radius 1 is 1.32 bits per heavy atom. The fourth-order valence-corrected chi connectivity index (χ4v) is 2.62. The van der Waals surface area contributed by atoms with Crippen LogP contribution in [0.1, 0.15) is 33.3 Å². The van der Waals surface area contributed by atoms with Crippen LogP contribution >= 0.6 is 15.9 Å². The molecule has 1 atom stereocenters. The summed E-state index contributed by atoms with van der Waals surface area (Å²) < 4.78 is 0.817. The summed E-state index contributed by atoms with van der Waals surface area (Å²) in [5, 5.41) is 2.69. The van der Waals surface area contributed by atoms with Crippen molar-refractivity contribution in [3.8, 4) is 0 Å². The number of amides is 3. The van der Waals surface area contributed by atoms with Crippen LogP contribution in [-0.4, -0.2) is 29.2 Å². The second-order valence-corrected chi connectivity index (χ2v) is 7.55. The zero-order valence-electron chi connectivity index (χ0n) is 13.1. The van der Waals surface area contributed by atoms with Crippen molar-refractivity contribution in [1.82, 2.24) is 10.2 Å². The van der Waals surface area contributed by atoms with Gasteiger partial charge in [-0.25, -0.2) is 4.79 Å². The molecule has 1 fully saturated rings. The molecule has 1 aliphatic rings. The second kappa shape index (κ2) is 5.50. The van der Waals surface area contributed by atoms with E-state index in [1.54, 1.807) is 45.9 Å². The minimum Gasteiger partial charge on any atom is -0.319 e. The number of nitrogens with one attached hydrogen (secondary N) is 1. The maximum Gasteiger partial charge on any atom is 0.325 e. The van der Waals surface area contributed by atoms with E-state index in [2.05, 4.69) is 21.2 Å². The Kier molecular flexibility index (Phi) is 4.17. The zero-order chi connectivity index (χ0) is 16.7. The van der Waals surface area contributed by atoms with E-state index >= 15 is 0 Å². The van der Waals surface area contributed by atoms with E-state index in [0.717, 1.165) is 9.37 Å². The van der Waals surface area contributed by atoms with Gasteiger partial charge in [-0.05, 0) is 24.6 Å². The van der Waals surface area contributed by atoms with Crippen LogP contribution in [-0.2, 0) is 15.1 Å². The van der Waals surface area contributed by atoms with Crippen LogP contribution < -0.4 is 5.32 Å². The summed E-state index contributed by atoms with van der Waals surface area (Å²) in [5.74, 6) is -0.567. The predicted molar refractivity (Wildman–Crippen MR) is 86.2 cm³/mol. The smallest absolute Gasteiger partial charge is 0.319 e. The molecule has 1 aliphatic heterocycles. The summed E-state index contributed by atoms with van der Waals surface area (Å²) in [6.07, 6.45) is 0. The Morgan fingerprint density at radius 2 is 1.95 bits per heavy atom. The molecule has 1 N–H and O–H groups in total. The number of hydrogen-bond donors (Lipinski definition) is 1. The van der Waals surface area contributed by atoms with Crippen LogP contribution in [0.5, 0.6) is 0 Å². The van der Waals surface area contributed by atoms with E-state index in [1.165, 1.54) is 0 Å². The normalized spacial score (nSPS) is 22.0. The average Bonchev–Trinajstić information content (AvgIpc) is 2.62. The Balaban J connectivity index is 2.30. The first-order valence-electron chi connectivity index (χ1n) is 6.99. The van der Waals surface area contributed by atoms with Gasteiger partial charge in [0.1, 0.15) is 5.54 Å². The number of hydrogen-bond acceptors (Lipinski definition) is 3. The molecule has 0 aromatic heterocycles. The third-order valence-corrected chi connectivity index (χ3v) is 4.31. The van der Waals surface area contributed by atoms with Gasteiger partial charge in [-0.2, -0.15) is 0 Å². The van der Waals surface area contributed by atoms with Gasteiger partial charge in [-0.3, -0.25) is 14.5 Å². The van der Waals surface area contributed by atoms with Crippen LogP contribution in [0.15, 0.2) is 28.7 Å². The Hall–Kier alpha value is -1.69. The molecule has 1 aromatic carbocycles. The predicted octanol–water partition coefficient (Wildman–Crippen LogP) is 2.83. The number of benzene rings is 1. The lowest BCUT2D eigenvalue weighted by Crippen LogP contribution is -2.42. The number of nitrogens with zero attached hydrogens (tertiary/aromatic N) is 1. The van der Waals surface area contributed by atoms with E-state index in [1.807, 2.05) is 6.07 Å². The van der Waals surface area contributed by atoms with Gasteiger partial charge in [0.05, 0.1) is 6.54 Å². The van der Waals surface area contributed by atoms with E-state index < -0.39 is 22.9 Å². The highest BCUT2D eigenvalue weighted by Crippen LogP contribution is 2.31. The highest BCUT2D eigenvalue weighted by Gasteiger charge is 2.49. The van der Waals surface area contributed by atoms with Crippen LogP contribution in [0.25, 0.3) is 0 Å². The van der Waals surface area contributed by atoms with Gasteiger partial charge >= 0.3 is 6.03 Å². The van der Waals surface area contributed by atoms with Crippen molar-refractivity contribution in [1.29, 1.82) is 0 Å². The molecule has 0 bridgehead atoms. The lowest BCUT2D eigenvalue weighted by Gasteiger charge is -2.23. The number of carbonyl (C=O) groups is 3. The lowest BCUT2D eigenvalue weighted by atomic mass is 9.89. The van der Waals surface area contributed by atoms with Crippen molar-refractivity contribution in [2.75, 3.05) is 6.54 Å². The molecule has 0 spiro atoms. The number of rotatable bonds is 3. The Morgan fingerprint density at radius 3 is 2.50 bits per heavy atom. The van der Waals surface area contributed by atoms with Crippen molar-refractivity contribution in [3.05, 3.63) is 34.3 Å². The number of carbonyl (C=O) groups excluding carboxylic acids is 3. The maximum absolute atomic E-state index is 12.7. The quantitative estimate of drug-likeness (QED) is 0.836. The molecule has 1 heterocycles. The van der Waals surface area contributed by atoms with Crippen LogP contribution in [0.2, 0.25) is 0 Å². The molecule has 118 valence electrons. The first-order valence-corrected chi connectivity index (χ1v) is 7.78. The van der Waals surface area contributed by atoms with E-state index in [-0.39, 0.29) is 12.3 Å². The highest BCUT2D eigenvalue weighted by atomic mass is 79.9. The molecule has 1 aromatic rings. The lowest BCUT2D eigenvalue weighted by molar-refractivity contribution is -0.136. The topological polar surface area (TPSA) is 66.5 Å². The minimum atomic E-state index is -1.15. The zero-order valence-corrected chi connectivity index (χ0v) is 14.7. The summed E-state index contributed by atoms with van der Waals surface area (Å²) in [5.41, 5.74) is -1.08. The largest absolute Gasteiger partial charge is 0.325 e. The molecular formula is C16H19BrN2O3.